The van der Waals surface area contributed by atoms with Crippen LogP contribution in [0, 0.1) is 11.8 Å². The number of rotatable bonds is 6. The van der Waals surface area contributed by atoms with Crippen molar-refractivity contribution in [2.75, 3.05) is 19.6 Å². The third-order valence-electron chi connectivity index (χ3n) is 5.04. The van der Waals surface area contributed by atoms with E-state index in [4.69, 9.17) is 0 Å². The Kier molecular flexibility index (Phi) is 4.65. The van der Waals surface area contributed by atoms with Gasteiger partial charge in [-0.3, -0.25) is 4.90 Å². The first kappa shape index (κ1) is 15.0. The van der Waals surface area contributed by atoms with Gasteiger partial charge in [-0.25, -0.2) is 4.98 Å². The summed E-state index contributed by atoms with van der Waals surface area (Å²) in [6.45, 7) is 8.22. The molecular weight excluding hydrogens is 260 g/mol. The zero-order valence-electron chi connectivity index (χ0n) is 13.8. The van der Waals surface area contributed by atoms with E-state index in [-0.39, 0.29) is 0 Å². The first-order valence-electron chi connectivity index (χ1n) is 8.57. The molecule has 4 nitrogen and oxygen atoms in total. The van der Waals surface area contributed by atoms with E-state index in [0.717, 1.165) is 30.8 Å². The van der Waals surface area contributed by atoms with Crippen LogP contribution in [0.15, 0.2) is 12.4 Å². The van der Waals surface area contributed by atoms with Gasteiger partial charge in [0.25, 0.3) is 0 Å². The van der Waals surface area contributed by atoms with Gasteiger partial charge in [0.05, 0.1) is 0 Å². The highest BCUT2D eigenvalue weighted by Gasteiger charge is 2.37. The molecular formula is C17H30N4. The fourth-order valence-corrected chi connectivity index (χ4v) is 3.63. The Morgan fingerprint density at radius 1 is 1.38 bits per heavy atom. The van der Waals surface area contributed by atoms with Gasteiger partial charge in [0.1, 0.15) is 5.82 Å². The standard InChI is InChI=1S/C17H30N4/c1-13(2)10-15-11-19-16(14-4-5-14)12-21(15)8-6-17-18-7-9-20(17)3/h7,9,13-16,19H,4-6,8,10-12H2,1-3H3. The Morgan fingerprint density at radius 2 is 2.19 bits per heavy atom. The lowest BCUT2D eigenvalue weighted by Gasteiger charge is -2.41. The molecule has 1 aliphatic heterocycles. The Hall–Kier alpha value is -0.870. The molecule has 0 amide bonds. The predicted molar refractivity (Wildman–Crippen MR) is 86.2 cm³/mol. The van der Waals surface area contributed by atoms with Crippen molar-refractivity contribution in [3.63, 3.8) is 0 Å². The Bertz CT molecular complexity index is 449. The average molecular weight is 290 g/mol. The maximum atomic E-state index is 4.47. The van der Waals surface area contributed by atoms with Crippen LogP contribution in [-0.4, -0.2) is 46.2 Å². The van der Waals surface area contributed by atoms with Crippen LogP contribution < -0.4 is 5.32 Å². The van der Waals surface area contributed by atoms with Gasteiger partial charge in [-0.05, 0) is 31.1 Å². The van der Waals surface area contributed by atoms with E-state index in [1.807, 2.05) is 12.4 Å². The lowest BCUT2D eigenvalue weighted by molar-refractivity contribution is 0.108. The minimum absolute atomic E-state index is 0.695. The molecule has 0 aromatic carbocycles. The van der Waals surface area contributed by atoms with Crippen molar-refractivity contribution in [3.8, 4) is 0 Å². The highest BCUT2D eigenvalue weighted by Crippen LogP contribution is 2.34. The molecule has 1 saturated heterocycles. The number of aromatic nitrogens is 2. The van der Waals surface area contributed by atoms with Crippen molar-refractivity contribution in [2.24, 2.45) is 18.9 Å². The zero-order valence-corrected chi connectivity index (χ0v) is 13.8. The van der Waals surface area contributed by atoms with Crippen LogP contribution in [-0.2, 0) is 13.5 Å². The van der Waals surface area contributed by atoms with Crippen molar-refractivity contribution in [1.82, 2.24) is 19.8 Å². The monoisotopic (exact) mass is 290 g/mol. The predicted octanol–water partition coefficient (Wildman–Crippen LogP) is 2.06. The molecule has 118 valence electrons. The molecule has 0 spiro atoms. The third-order valence-corrected chi connectivity index (χ3v) is 5.04. The zero-order chi connectivity index (χ0) is 14.8. The number of hydrogen-bond donors (Lipinski definition) is 1. The summed E-state index contributed by atoms with van der Waals surface area (Å²) >= 11 is 0. The van der Waals surface area contributed by atoms with Crippen molar-refractivity contribution in [2.45, 2.75) is 51.6 Å². The van der Waals surface area contributed by atoms with Gasteiger partial charge in [-0.2, -0.15) is 0 Å². The smallest absolute Gasteiger partial charge is 0.109 e. The molecule has 4 heteroatoms. The molecule has 2 heterocycles. The van der Waals surface area contributed by atoms with Crippen molar-refractivity contribution < 1.29 is 0 Å². The summed E-state index contributed by atoms with van der Waals surface area (Å²) in [5.74, 6) is 2.92. The lowest BCUT2D eigenvalue weighted by Crippen LogP contribution is -2.57. The molecule has 2 aliphatic rings. The number of nitrogens with zero attached hydrogens (tertiary/aromatic N) is 3. The van der Waals surface area contributed by atoms with E-state index < -0.39 is 0 Å². The van der Waals surface area contributed by atoms with E-state index in [1.165, 1.54) is 38.2 Å². The summed E-state index contributed by atoms with van der Waals surface area (Å²) in [5, 5.41) is 3.81. The molecule has 1 aliphatic carbocycles. The summed E-state index contributed by atoms with van der Waals surface area (Å²) in [7, 11) is 2.10. The highest BCUT2D eigenvalue weighted by molar-refractivity contribution is 4.97. The maximum absolute atomic E-state index is 4.47. The normalized spacial score (nSPS) is 27.4. The van der Waals surface area contributed by atoms with Gasteiger partial charge in [0.2, 0.25) is 0 Å². The molecule has 0 bridgehead atoms. The second-order valence-electron chi connectivity index (χ2n) is 7.33. The van der Waals surface area contributed by atoms with E-state index in [0.29, 0.717) is 6.04 Å². The van der Waals surface area contributed by atoms with Crippen LogP contribution >= 0.6 is 0 Å². The topological polar surface area (TPSA) is 33.1 Å². The number of hydrogen-bond acceptors (Lipinski definition) is 3. The first-order chi connectivity index (χ1) is 10.1. The fourth-order valence-electron chi connectivity index (χ4n) is 3.63. The summed E-state index contributed by atoms with van der Waals surface area (Å²) in [6.07, 6.45) is 9.18. The van der Waals surface area contributed by atoms with Gasteiger partial charge >= 0.3 is 0 Å². The fraction of sp³-hybridized carbons (Fsp3) is 0.824. The van der Waals surface area contributed by atoms with Crippen LogP contribution in [0.4, 0.5) is 0 Å². The minimum Gasteiger partial charge on any atom is -0.338 e. The van der Waals surface area contributed by atoms with Crippen LogP contribution in [0.25, 0.3) is 0 Å². The SMILES string of the molecule is CC(C)CC1CNC(C2CC2)CN1CCc1nccn1C. The average Bonchev–Trinajstić information content (AvgIpc) is 3.21. The maximum Gasteiger partial charge on any atom is 0.109 e. The Balaban J connectivity index is 1.60. The summed E-state index contributed by atoms with van der Waals surface area (Å²) in [5.41, 5.74) is 0. The van der Waals surface area contributed by atoms with E-state index in [1.54, 1.807) is 0 Å². The molecule has 1 aromatic rings. The second kappa shape index (κ2) is 6.49. The van der Waals surface area contributed by atoms with Crippen LogP contribution in [0.1, 0.15) is 38.9 Å². The van der Waals surface area contributed by atoms with Crippen molar-refractivity contribution in [3.05, 3.63) is 18.2 Å². The van der Waals surface area contributed by atoms with Gasteiger partial charge in [-0.15, -0.1) is 0 Å². The number of piperazine rings is 1. The van der Waals surface area contributed by atoms with E-state index in [9.17, 15) is 0 Å². The van der Waals surface area contributed by atoms with Gasteiger partial charge in [0, 0.05) is 57.6 Å². The third kappa shape index (κ3) is 3.86. The summed E-state index contributed by atoms with van der Waals surface area (Å²) in [6, 6.07) is 1.43. The molecule has 2 fully saturated rings. The van der Waals surface area contributed by atoms with Gasteiger partial charge < -0.3 is 9.88 Å². The molecule has 3 rings (SSSR count). The highest BCUT2D eigenvalue weighted by atomic mass is 15.2. The number of aryl methyl sites for hydroxylation is 1. The Labute approximate surface area is 128 Å². The molecule has 0 radical (unpaired) electrons. The van der Waals surface area contributed by atoms with Crippen molar-refractivity contribution >= 4 is 0 Å². The Morgan fingerprint density at radius 3 is 2.81 bits per heavy atom. The van der Waals surface area contributed by atoms with Gasteiger partial charge in [0.15, 0.2) is 0 Å². The first-order valence-corrected chi connectivity index (χ1v) is 8.57. The van der Waals surface area contributed by atoms with Crippen LogP contribution in [0.2, 0.25) is 0 Å². The number of imidazole rings is 1. The van der Waals surface area contributed by atoms with E-state index in [2.05, 4.69) is 40.7 Å². The molecule has 1 N–H and O–H groups in total. The van der Waals surface area contributed by atoms with Crippen LogP contribution in [0.3, 0.4) is 0 Å². The molecule has 2 unspecified atom stereocenters. The van der Waals surface area contributed by atoms with Crippen LogP contribution in [0.5, 0.6) is 0 Å². The van der Waals surface area contributed by atoms with Gasteiger partial charge in [-0.1, -0.05) is 13.8 Å². The summed E-state index contributed by atoms with van der Waals surface area (Å²) < 4.78 is 2.15. The molecule has 21 heavy (non-hydrogen) atoms. The summed E-state index contributed by atoms with van der Waals surface area (Å²) in [4.78, 5) is 7.20. The van der Waals surface area contributed by atoms with Crippen molar-refractivity contribution in [1.29, 1.82) is 0 Å². The van der Waals surface area contributed by atoms with E-state index >= 15 is 0 Å². The minimum atomic E-state index is 0.695. The quantitative estimate of drug-likeness (QED) is 0.870. The number of nitrogens with one attached hydrogen (secondary N) is 1. The molecule has 1 saturated carbocycles. The largest absolute Gasteiger partial charge is 0.338 e. The molecule has 2 atom stereocenters. The molecule has 1 aromatic heterocycles. The second-order valence-corrected chi connectivity index (χ2v) is 7.33. The lowest BCUT2D eigenvalue weighted by atomic mass is 9.97.